The number of para-hydroxylation sites is 1. The number of hydrogen-bond acceptors (Lipinski definition) is 6. The van der Waals surface area contributed by atoms with Gasteiger partial charge in [0, 0.05) is 12.1 Å². The van der Waals surface area contributed by atoms with Crippen LogP contribution in [0.15, 0.2) is 28.6 Å². The van der Waals surface area contributed by atoms with E-state index in [0.29, 0.717) is 12.2 Å². The van der Waals surface area contributed by atoms with Gasteiger partial charge in [-0.25, -0.2) is 13.4 Å². The molecule has 0 spiro atoms. The van der Waals surface area contributed by atoms with Crippen molar-refractivity contribution in [1.29, 1.82) is 0 Å². The third-order valence-electron chi connectivity index (χ3n) is 4.42. The van der Waals surface area contributed by atoms with Gasteiger partial charge in [0.2, 0.25) is 5.91 Å². The highest BCUT2D eigenvalue weighted by atomic mass is 32.2. The molecule has 0 bridgehead atoms. The summed E-state index contributed by atoms with van der Waals surface area (Å²) in [6.07, 6.45) is 2.57. The Hall–Kier alpha value is -1.12. The Morgan fingerprint density at radius 1 is 1.25 bits per heavy atom. The summed E-state index contributed by atoms with van der Waals surface area (Å²) in [6.45, 7) is 0. The molecular weight excluding hydrogens is 364 g/mol. The summed E-state index contributed by atoms with van der Waals surface area (Å²) in [5.74, 6) is 0.705. The highest BCUT2D eigenvalue weighted by molar-refractivity contribution is 8.01. The Morgan fingerprint density at radius 2 is 2.04 bits per heavy atom. The van der Waals surface area contributed by atoms with Crippen LogP contribution < -0.4 is 0 Å². The van der Waals surface area contributed by atoms with E-state index < -0.39 is 9.84 Å². The number of carbonyl (C=O) groups is 1. The van der Waals surface area contributed by atoms with Crippen molar-refractivity contribution in [2.24, 2.45) is 0 Å². The number of nitrogens with zero attached hydrogens (tertiary/aromatic N) is 2. The van der Waals surface area contributed by atoms with Crippen molar-refractivity contribution in [3.05, 3.63) is 24.3 Å². The number of fused-ring (bicyclic) bond motifs is 1. The number of thioether (sulfide) groups is 1. The molecule has 8 heteroatoms. The Morgan fingerprint density at radius 3 is 2.71 bits per heavy atom. The Balaban J connectivity index is 1.44. The summed E-state index contributed by atoms with van der Waals surface area (Å²) in [5.41, 5.74) is 0.957. The highest BCUT2D eigenvalue weighted by Crippen LogP contribution is 2.34. The zero-order chi connectivity index (χ0) is 16.7. The fourth-order valence-corrected chi connectivity index (χ4v) is 6.81. The van der Waals surface area contributed by atoms with Crippen molar-refractivity contribution >= 4 is 49.1 Å². The number of aromatic nitrogens is 1. The van der Waals surface area contributed by atoms with Gasteiger partial charge in [-0.2, -0.15) is 0 Å². The normalized spacial score (nSPS) is 22.8. The van der Waals surface area contributed by atoms with E-state index in [-0.39, 0.29) is 29.5 Å². The lowest BCUT2D eigenvalue weighted by Gasteiger charge is -2.28. The number of rotatable bonds is 5. The van der Waals surface area contributed by atoms with E-state index in [1.165, 1.54) is 11.8 Å². The molecule has 1 saturated carbocycles. The molecule has 1 aliphatic carbocycles. The molecule has 5 nitrogen and oxygen atoms in total. The average molecular weight is 383 g/mol. The first kappa shape index (κ1) is 16.4. The Kier molecular flexibility index (Phi) is 4.30. The first-order valence-corrected chi connectivity index (χ1v) is 11.6. The second-order valence-electron chi connectivity index (χ2n) is 6.33. The van der Waals surface area contributed by atoms with Gasteiger partial charge in [-0.1, -0.05) is 23.9 Å². The molecule has 128 valence electrons. The fourth-order valence-electron chi connectivity index (χ4n) is 3.16. The molecule has 2 aromatic rings. The number of carbonyl (C=O) groups excluding carboxylic acids is 1. The molecule has 1 aromatic heterocycles. The van der Waals surface area contributed by atoms with E-state index >= 15 is 0 Å². The highest BCUT2D eigenvalue weighted by Gasteiger charge is 2.41. The van der Waals surface area contributed by atoms with E-state index in [4.69, 9.17) is 0 Å². The summed E-state index contributed by atoms with van der Waals surface area (Å²) in [6, 6.07) is 8.04. The minimum absolute atomic E-state index is 0.0452. The van der Waals surface area contributed by atoms with Gasteiger partial charge in [0.05, 0.1) is 27.5 Å². The molecule has 1 aromatic carbocycles. The molecule has 0 N–H and O–H groups in total. The standard InChI is InChI=1S/C16H18N2O3S3/c19-15(9-22-16-17-13-3-1-2-4-14(13)23-16)18(11-5-6-11)12-7-8-24(20,21)10-12/h1-4,11-12H,5-10H2/t12-/m1/s1. The predicted octanol–water partition coefficient (Wildman–Crippen LogP) is 2.57. The second kappa shape index (κ2) is 6.31. The third-order valence-corrected chi connectivity index (χ3v) is 8.34. The summed E-state index contributed by atoms with van der Waals surface area (Å²) in [4.78, 5) is 19.1. The number of sulfone groups is 1. The van der Waals surface area contributed by atoms with Crippen molar-refractivity contribution in [2.75, 3.05) is 17.3 Å². The molecule has 1 aliphatic heterocycles. The van der Waals surface area contributed by atoms with E-state index in [0.717, 1.165) is 27.4 Å². The van der Waals surface area contributed by atoms with Crippen LogP contribution in [0.5, 0.6) is 0 Å². The zero-order valence-electron chi connectivity index (χ0n) is 13.1. The topological polar surface area (TPSA) is 67.3 Å². The van der Waals surface area contributed by atoms with Gasteiger partial charge in [-0.15, -0.1) is 11.3 Å². The maximum absolute atomic E-state index is 12.7. The molecule has 2 heterocycles. The van der Waals surface area contributed by atoms with Gasteiger partial charge in [-0.05, 0) is 31.4 Å². The summed E-state index contributed by atoms with van der Waals surface area (Å²) in [7, 11) is -2.98. The van der Waals surface area contributed by atoms with Crippen molar-refractivity contribution in [3.63, 3.8) is 0 Å². The third kappa shape index (κ3) is 3.45. The SMILES string of the molecule is O=C(CSc1nc2ccccc2s1)N(C1CC1)[C@@H]1CCS(=O)(=O)C1. The smallest absolute Gasteiger partial charge is 0.233 e. The Bertz CT molecular complexity index is 841. The van der Waals surface area contributed by atoms with E-state index in [2.05, 4.69) is 4.98 Å². The van der Waals surface area contributed by atoms with Gasteiger partial charge in [0.15, 0.2) is 14.2 Å². The van der Waals surface area contributed by atoms with Crippen LogP contribution in [0.2, 0.25) is 0 Å². The minimum Gasteiger partial charge on any atom is -0.335 e. The van der Waals surface area contributed by atoms with Gasteiger partial charge in [-0.3, -0.25) is 4.79 Å². The molecule has 1 saturated heterocycles. The van der Waals surface area contributed by atoms with Gasteiger partial charge in [0.25, 0.3) is 0 Å². The molecule has 0 unspecified atom stereocenters. The lowest BCUT2D eigenvalue weighted by molar-refractivity contribution is -0.130. The number of thiazole rings is 1. The minimum atomic E-state index is -2.98. The van der Waals surface area contributed by atoms with Gasteiger partial charge >= 0.3 is 0 Å². The van der Waals surface area contributed by atoms with Crippen molar-refractivity contribution in [2.45, 2.75) is 35.7 Å². The lowest BCUT2D eigenvalue weighted by atomic mass is 10.2. The molecule has 24 heavy (non-hydrogen) atoms. The molecule has 0 radical (unpaired) electrons. The van der Waals surface area contributed by atoms with E-state index in [9.17, 15) is 13.2 Å². The zero-order valence-corrected chi connectivity index (χ0v) is 15.5. The maximum Gasteiger partial charge on any atom is 0.233 e. The van der Waals surface area contributed by atoms with Crippen LogP contribution in [0.25, 0.3) is 10.2 Å². The van der Waals surface area contributed by atoms with Crippen LogP contribution in [0.4, 0.5) is 0 Å². The monoisotopic (exact) mass is 382 g/mol. The van der Waals surface area contributed by atoms with Crippen LogP contribution in [0.3, 0.4) is 0 Å². The summed E-state index contributed by atoms with van der Waals surface area (Å²) < 4.78 is 25.5. The maximum atomic E-state index is 12.7. The average Bonchev–Trinajstić information content (AvgIpc) is 3.17. The fraction of sp³-hybridized carbons (Fsp3) is 0.500. The number of hydrogen-bond donors (Lipinski definition) is 0. The van der Waals surface area contributed by atoms with Crippen LogP contribution in [-0.4, -0.2) is 53.6 Å². The second-order valence-corrected chi connectivity index (χ2v) is 10.8. The molecule has 1 atom stereocenters. The number of amides is 1. The van der Waals surface area contributed by atoms with Crippen molar-refractivity contribution in [3.8, 4) is 0 Å². The molecule has 2 aliphatic rings. The van der Waals surface area contributed by atoms with Gasteiger partial charge in [0.1, 0.15) is 0 Å². The first-order chi connectivity index (χ1) is 11.5. The Labute approximate surface area is 149 Å². The van der Waals surface area contributed by atoms with E-state index in [1.807, 2.05) is 29.2 Å². The van der Waals surface area contributed by atoms with Crippen molar-refractivity contribution < 1.29 is 13.2 Å². The van der Waals surface area contributed by atoms with Crippen LogP contribution >= 0.6 is 23.1 Å². The molecular formula is C16H18N2O3S3. The molecule has 2 fully saturated rings. The predicted molar refractivity (Wildman–Crippen MR) is 97.3 cm³/mol. The largest absolute Gasteiger partial charge is 0.335 e. The quantitative estimate of drug-likeness (QED) is 0.744. The van der Waals surface area contributed by atoms with Gasteiger partial charge < -0.3 is 4.90 Å². The molecule has 1 amide bonds. The molecule has 4 rings (SSSR count). The van der Waals surface area contributed by atoms with Crippen LogP contribution in [0.1, 0.15) is 19.3 Å². The van der Waals surface area contributed by atoms with Crippen LogP contribution in [0, 0.1) is 0 Å². The van der Waals surface area contributed by atoms with Crippen molar-refractivity contribution in [1.82, 2.24) is 9.88 Å². The summed E-state index contributed by atoms with van der Waals surface area (Å²) >= 11 is 3.05. The number of benzene rings is 1. The first-order valence-electron chi connectivity index (χ1n) is 8.02. The lowest BCUT2D eigenvalue weighted by Crippen LogP contribution is -2.43. The summed E-state index contributed by atoms with van der Waals surface area (Å²) in [5, 5.41) is 0. The van der Waals surface area contributed by atoms with Crippen LogP contribution in [-0.2, 0) is 14.6 Å². The van der Waals surface area contributed by atoms with E-state index in [1.54, 1.807) is 11.3 Å².